The van der Waals surface area contributed by atoms with Crippen LogP contribution in [0.2, 0.25) is 0 Å². The number of hydrogen-bond donors (Lipinski definition) is 1. The van der Waals surface area contributed by atoms with E-state index in [1.54, 1.807) is 24.3 Å². The second kappa shape index (κ2) is 7.48. The number of carbonyl (C=O) groups is 1. The molecule has 0 fully saturated rings. The maximum atomic E-state index is 13.5. The summed E-state index contributed by atoms with van der Waals surface area (Å²) < 4.78 is 19.4. The fourth-order valence-corrected chi connectivity index (χ4v) is 2.88. The van der Waals surface area contributed by atoms with Crippen LogP contribution in [-0.4, -0.2) is 5.91 Å². The Morgan fingerprint density at radius 1 is 0.964 bits per heavy atom. The zero-order valence-corrected chi connectivity index (χ0v) is 15.1. The Morgan fingerprint density at radius 3 is 2.57 bits per heavy atom. The van der Waals surface area contributed by atoms with Crippen molar-refractivity contribution < 1.29 is 13.6 Å². The Labute approximate surface area is 161 Å². The largest absolute Gasteiger partial charge is 0.438 e. The summed E-state index contributed by atoms with van der Waals surface area (Å²) in [5, 5.41) is 3.67. The maximum Gasteiger partial charge on any atom is 0.261 e. The number of benzene rings is 3. The molecule has 1 N–H and O–H groups in total. The third-order valence-corrected chi connectivity index (χ3v) is 4.33. The molecular formula is C23H17FN2O2. The standard InChI is InChI=1S/C23H17FN2O2/c1-15-7-2-4-11-20(15)26-22(27)19-13-16-8-3-5-12-21(16)28-23(19)25-18-10-6-9-17(24)14-18/h2-14H,1H3,(H,26,27). The van der Waals surface area contributed by atoms with Crippen LogP contribution in [0.5, 0.6) is 0 Å². The molecule has 138 valence electrons. The second-order valence-corrected chi connectivity index (χ2v) is 6.36. The predicted octanol–water partition coefficient (Wildman–Crippen LogP) is 5.37. The number of amides is 1. The molecule has 0 aliphatic rings. The van der Waals surface area contributed by atoms with Gasteiger partial charge in [0.1, 0.15) is 17.0 Å². The molecule has 3 aromatic carbocycles. The Hall–Kier alpha value is -3.73. The van der Waals surface area contributed by atoms with Gasteiger partial charge in [0.25, 0.3) is 5.91 Å². The van der Waals surface area contributed by atoms with Crippen molar-refractivity contribution in [1.29, 1.82) is 0 Å². The number of anilines is 1. The van der Waals surface area contributed by atoms with Crippen LogP contribution in [0.3, 0.4) is 0 Å². The number of fused-ring (bicyclic) bond motifs is 1. The van der Waals surface area contributed by atoms with Crippen molar-refractivity contribution >= 4 is 28.3 Å². The molecule has 1 amide bonds. The van der Waals surface area contributed by atoms with Gasteiger partial charge >= 0.3 is 0 Å². The second-order valence-electron chi connectivity index (χ2n) is 6.36. The Bertz CT molecular complexity index is 1240. The highest BCUT2D eigenvalue weighted by Crippen LogP contribution is 2.18. The first-order valence-corrected chi connectivity index (χ1v) is 8.80. The van der Waals surface area contributed by atoms with Gasteiger partial charge in [-0.1, -0.05) is 42.5 Å². The van der Waals surface area contributed by atoms with E-state index in [0.717, 1.165) is 10.9 Å². The van der Waals surface area contributed by atoms with Gasteiger partial charge in [0.15, 0.2) is 0 Å². The molecule has 4 rings (SSSR count). The first-order chi connectivity index (χ1) is 13.6. The van der Waals surface area contributed by atoms with Crippen molar-refractivity contribution in [3.63, 3.8) is 0 Å². The molecule has 0 bridgehead atoms. The molecule has 28 heavy (non-hydrogen) atoms. The molecule has 4 aromatic rings. The van der Waals surface area contributed by atoms with E-state index < -0.39 is 5.82 Å². The molecule has 0 atom stereocenters. The van der Waals surface area contributed by atoms with Crippen LogP contribution in [0.25, 0.3) is 11.0 Å². The minimum absolute atomic E-state index is 0.121. The summed E-state index contributed by atoms with van der Waals surface area (Å²) in [7, 11) is 0. The predicted molar refractivity (Wildman–Crippen MR) is 107 cm³/mol. The summed E-state index contributed by atoms with van der Waals surface area (Å²) in [6, 6.07) is 22.4. The lowest BCUT2D eigenvalue weighted by Crippen LogP contribution is -2.22. The number of nitrogens with zero attached hydrogens (tertiary/aromatic N) is 1. The van der Waals surface area contributed by atoms with E-state index in [4.69, 9.17) is 4.42 Å². The monoisotopic (exact) mass is 372 g/mol. The lowest BCUT2D eigenvalue weighted by atomic mass is 10.1. The van der Waals surface area contributed by atoms with Gasteiger partial charge in [-0.15, -0.1) is 0 Å². The van der Waals surface area contributed by atoms with E-state index in [1.165, 1.54) is 12.1 Å². The number of aryl methyl sites for hydroxylation is 1. The average molecular weight is 372 g/mol. The van der Waals surface area contributed by atoms with E-state index in [2.05, 4.69) is 10.3 Å². The number of hydrogen-bond acceptors (Lipinski definition) is 3. The topological polar surface area (TPSA) is 54.6 Å². The number of rotatable bonds is 3. The Morgan fingerprint density at radius 2 is 1.75 bits per heavy atom. The summed E-state index contributed by atoms with van der Waals surface area (Å²) in [6.45, 7) is 1.92. The highest BCUT2D eigenvalue weighted by atomic mass is 19.1. The van der Waals surface area contributed by atoms with Crippen molar-refractivity contribution in [3.05, 3.63) is 101 Å². The molecule has 0 aliphatic carbocycles. The number of nitrogens with one attached hydrogen (secondary N) is 1. The lowest BCUT2D eigenvalue weighted by Gasteiger charge is -2.09. The molecule has 1 aromatic heterocycles. The molecular weight excluding hydrogens is 355 g/mol. The third kappa shape index (κ3) is 3.69. The third-order valence-electron chi connectivity index (χ3n) is 4.33. The highest BCUT2D eigenvalue weighted by molar-refractivity contribution is 6.05. The van der Waals surface area contributed by atoms with Gasteiger partial charge < -0.3 is 9.73 Å². The van der Waals surface area contributed by atoms with Crippen LogP contribution in [0.1, 0.15) is 15.9 Å². The van der Waals surface area contributed by atoms with Crippen LogP contribution < -0.4 is 10.9 Å². The summed E-state index contributed by atoms with van der Waals surface area (Å²) in [6.07, 6.45) is 0. The van der Waals surface area contributed by atoms with Crippen molar-refractivity contribution in [1.82, 2.24) is 0 Å². The maximum absolute atomic E-state index is 13.5. The summed E-state index contributed by atoms with van der Waals surface area (Å²) in [4.78, 5) is 17.4. The van der Waals surface area contributed by atoms with Gasteiger partial charge in [-0.05, 0) is 48.9 Å². The SMILES string of the molecule is Cc1ccccc1NC(=O)c1cc2ccccc2oc1=Nc1cccc(F)c1. The van der Waals surface area contributed by atoms with E-state index >= 15 is 0 Å². The van der Waals surface area contributed by atoms with Gasteiger partial charge in [0, 0.05) is 11.1 Å². The Kier molecular flexibility index (Phi) is 4.72. The minimum atomic E-state index is -0.409. The van der Waals surface area contributed by atoms with Gasteiger partial charge in [0.2, 0.25) is 5.55 Å². The summed E-state index contributed by atoms with van der Waals surface area (Å²) in [5.74, 6) is -0.757. The van der Waals surface area contributed by atoms with Gasteiger partial charge in [-0.2, -0.15) is 0 Å². The molecule has 1 heterocycles. The van der Waals surface area contributed by atoms with E-state index in [9.17, 15) is 9.18 Å². The minimum Gasteiger partial charge on any atom is -0.438 e. The van der Waals surface area contributed by atoms with Crippen LogP contribution in [0.4, 0.5) is 15.8 Å². The van der Waals surface area contributed by atoms with Crippen LogP contribution in [0.15, 0.2) is 88.3 Å². The molecule has 0 aliphatic heterocycles. The Balaban J connectivity index is 1.86. The zero-order chi connectivity index (χ0) is 19.5. The smallest absolute Gasteiger partial charge is 0.261 e. The molecule has 0 radical (unpaired) electrons. The fraction of sp³-hybridized carbons (Fsp3) is 0.0435. The van der Waals surface area contributed by atoms with Gasteiger partial charge in [-0.25, -0.2) is 9.38 Å². The summed E-state index contributed by atoms with van der Waals surface area (Å²) >= 11 is 0. The zero-order valence-electron chi connectivity index (χ0n) is 15.1. The van der Waals surface area contributed by atoms with Crippen molar-refractivity contribution in [2.24, 2.45) is 4.99 Å². The van der Waals surface area contributed by atoms with Crippen molar-refractivity contribution in [2.75, 3.05) is 5.32 Å². The van der Waals surface area contributed by atoms with E-state index in [-0.39, 0.29) is 17.0 Å². The molecule has 4 nitrogen and oxygen atoms in total. The van der Waals surface area contributed by atoms with Gasteiger partial charge in [-0.3, -0.25) is 4.79 Å². The number of carbonyl (C=O) groups excluding carboxylic acids is 1. The highest BCUT2D eigenvalue weighted by Gasteiger charge is 2.14. The fourth-order valence-electron chi connectivity index (χ4n) is 2.88. The van der Waals surface area contributed by atoms with Crippen molar-refractivity contribution in [2.45, 2.75) is 6.92 Å². The number of halogens is 1. The quantitative estimate of drug-likeness (QED) is 0.526. The molecule has 5 heteroatoms. The molecule has 0 saturated carbocycles. The summed E-state index contributed by atoms with van der Waals surface area (Å²) in [5.41, 5.74) is 2.99. The van der Waals surface area contributed by atoms with Crippen LogP contribution in [0, 0.1) is 12.7 Å². The van der Waals surface area contributed by atoms with Crippen LogP contribution in [-0.2, 0) is 0 Å². The van der Waals surface area contributed by atoms with Gasteiger partial charge in [0.05, 0.1) is 5.69 Å². The number of para-hydroxylation sites is 2. The van der Waals surface area contributed by atoms with Crippen molar-refractivity contribution in [3.8, 4) is 0 Å². The molecule has 0 unspecified atom stereocenters. The first kappa shape index (κ1) is 17.7. The molecule has 0 spiro atoms. The molecule has 0 saturated heterocycles. The normalized spacial score (nSPS) is 11.6. The van der Waals surface area contributed by atoms with E-state index in [0.29, 0.717) is 17.0 Å². The van der Waals surface area contributed by atoms with E-state index in [1.807, 2.05) is 49.4 Å². The van der Waals surface area contributed by atoms with Crippen LogP contribution >= 0.6 is 0 Å². The average Bonchev–Trinajstić information content (AvgIpc) is 2.69. The lowest BCUT2D eigenvalue weighted by molar-refractivity contribution is 0.102. The first-order valence-electron chi connectivity index (χ1n) is 8.80.